The van der Waals surface area contributed by atoms with Gasteiger partial charge in [-0.25, -0.2) is 0 Å². The summed E-state index contributed by atoms with van der Waals surface area (Å²) in [6.45, 7) is 2.32. The molecule has 1 aliphatic carbocycles. The molecule has 0 amide bonds. The summed E-state index contributed by atoms with van der Waals surface area (Å²) in [5, 5.41) is 9.20. The van der Waals surface area contributed by atoms with Crippen LogP contribution >= 0.6 is 0 Å². The second kappa shape index (κ2) is 5.30. The SMILES string of the molecule is CC1CCC(N(C)c2ccc(N)cc2C#N)CC1. The average molecular weight is 243 g/mol. The zero-order chi connectivity index (χ0) is 13.1. The highest BCUT2D eigenvalue weighted by atomic mass is 15.1. The maximum absolute atomic E-state index is 9.20. The van der Waals surface area contributed by atoms with Crippen LogP contribution in [-0.2, 0) is 0 Å². The Morgan fingerprint density at radius 1 is 1.28 bits per heavy atom. The van der Waals surface area contributed by atoms with E-state index in [0.717, 1.165) is 11.6 Å². The first kappa shape index (κ1) is 12.8. The normalized spacial score (nSPS) is 23.4. The van der Waals surface area contributed by atoms with Gasteiger partial charge in [0.15, 0.2) is 0 Å². The number of benzene rings is 1. The summed E-state index contributed by atoms with van der Waals surface area (Å²) in [5.41, 5.74) is 8.07. The van der Waals surface area contributed by atoms with Gasteiger partial charge in [0.05, 0.1) is 11.3 Å². The van der Waals surface area contributed by atoms with Gasteiger partial charge in [-0.2, -0.15) is 5.26 Å². The van der Waals surface area contributed by atoms with Crippen LogP contribution in [-0.4, -0.2) is 13.1 Å². The Bertz CT molecular complexity index is 453. The van der Waals surface area contributed by atoms with Crippen LogP contribution in [0.4, 0.5) is 11.4 Å². The fourth-order valence-electron chi connectivity index (χ4n) is 2.78. The third-order valence-corrected chi connectivity index (χ3v) is 4.05. The van der Waals surface area contributed by atoms with Crippen LogP contribution in [0.5, 0.6) is 0 Å². The van der Waals surface area contributed by atoms with E-state index in [9.17, 15) is 5.26 Å². The van der Waals surface area contributed by atoms with Gasteiger partial charge in [-0.1, -0.05) is 6.92 Å². The van der Waals surface area contributed by atoms with Crippen molar-refractivity contribution in [2.45, 2.75) is 38.6 Å². The van der Waals surface area contributed by atoms with Crippen LogP contribution in [0.25, 0.3) is 0 Å². The van der Waals surface area contributed by atoms with Crippen molar-refractivity contribution in [2.75, 3.05) is 17.7 Å². The van der Waals surface area contributed by atoms with E-state index < -0.39 is 0 Å². The van der Waals surface area contributed by atoms with E-state index in [-0.39, 0.29) is 0 Å². The standard InChI is InChI=1S/C15H21N3/c1-11-3-6-14(7-4-11)18(2)15-8-5-13(17)9-12(15)10-16/h5,8-9,11,14H,3-4,6-7,17H2,1-2H3. The van der Waals surface area contributed by atoms with Gasteiger partial charge in [-0.15, -0.1) is 0 Å². The van der Waals surface area contributed by atoms with Crippen LogP contribution in [0.2, 0.25) is 0 Å². The Labute approximate surface area is 109 Å². The molecule has 0 aromatic heterocycles. The van der Waals surface area contributed by atoms with E-state index in [4.69, 9.17) is 5.73 Å². The lowest BCUT2D eigenvalue weighted by Crippen LogP contribution is -2.35. The zero-order valence-corrected chi connectivity index (χ0v) is 11.2. The van der Waals surface area contributed by atoms with Crippen molar-refractivity contribution in [3.8, 4) is 6.07 Å². The van der Waals surface area contributed by atoms with Gasteiger partial charge in [0.1, 0.15) is 6.07 Å². The Hall–Kier alpha value is -1.69. The first-order valence-corrected chi connectivity index (χ1v) is 6.64. The average Bonchev–Trinajstić information content (AvgIpc) is 2.38. The van der Waals surface area contributed by atoms with E-state index in [1.165, 1.54) is 25.7 Å². The van der Waals surface area contributed by atoms with Crippen molar-refractivity contribution >= 4 is 11.4 Å². The van der Waals surface area contributed by atoms with Crippen molar-refractivity contribution in [1.29, 1.82) is 5.26 Å². The van der Waals surface area contributed by atoms with Crippen molar-refractivity contribution in [3.05, 3.63) is 23.8 Å². The molecule has 0 atom stereocenters. The molecule has 1 aliphatic rings. The fraction of sp³-hybridized carbons (Fsp3) is 0.533. The largest absolute Gasteiger partial charge is 0.399 e. The van der Waals surface area contributed by atoms with E-state index >= 15 is 0 Å². The minimum absolute atomic E-state index is 0.553. The Morgan fingerprint density at radius 2 is 1.94 bits per heavy atom. The van der Waals surface area contributed by atoms with Crippen LogP contribution in [0, 0.1) is 17.2 Å². The van der Waals surface area contributed by atoms with Gasteiger partial charge >= 0.3 is 0 Å². The number of nitrogens with zero attached hydrogens (tertiary/aromatic N) is 2. The molecule has 0 radical (unpaired) electrons. The van der Waals surface area contributed by atoms with Crippen molar-refractivity contribution in [3.63, 3.8) is 0 Å². The van der Waals surface area contributed by atoms with Crippen LogP contribution < -0.4 is 10.6 Å². The molecule has 3 heteroatoms. The molecule has 18 heavy (non-hydrogen) atoms. The molecule has 96 valence electrons. The highest BCUT2D eigenvalue weighted by Crippen LogP contribution is 2.31. The molecule has 0 unspecified atom stereocenters. The van der Waals surface area contributed by atoms with Crippen LogP contribution in [0.3, 0.4) is 0 Å². The summed E-state index contributed by atoms with van der Waals surface area (Å²) >= 11 is 0. The second-order valence-electron chi connectivity index (χ2n) is 5.41. The first-order chi connectivity index (χ1) is 8.61. The minimum atomic E-state index is 0.553. The molecular formula is C15H21N3. The predicted molar refractivity (Wildman–Crippen MR) is 75.4 cm³/mol. The summed E-state index contributed by atoms with van der Waals surface area (Å²) in [6, 6.07) is 8.39. The molecule has 1 aromatic carbocycles. The summed E-state index contributed by atoms with van der Waals surface area (Å²) < 4.78 is 0. The van der Waals surface area contributed by atoms with Crippen molar-refractivity contribution < 1.29 is 0 Å². The quantitative estimate of drug-likeness (QED) is 0.812. The van der Waals surface area contributed by atoms with Crippen LogP contribution in [0.1, 0.15) is 38.2 Å². The molecule has 0 bridgehead atoms. The summed E-state index contributed by atoms with van der Waals surface area (Å²) in [6.07, 6.45) is 5.00. The monoisotopic (exact) mass is 243 g/mol. The summed E-state index contributed by atoms with van der Waals surface area (Å²) in [4.78, 5) is 2.25. The molecule has 3 nitrogen and oxygen atoms in total. The lowest BCUT2D eigenvalue weighted by Gasteiger charge is -2.35. The van der Waals surface area contributed by atoms with Gasteiger partial charge in [-0.05, 0) is 49.8 Å². The molecule has 1 aromatic rings. The molecule has 0 aliphatic heterocycles. The van der Waals surface area contributed by atoms with Crippen molar-refractivity contribution in [2.24, 2.45) is 5.92 Å². The smallest absolute Gasteiger partial charge is 0.101 e. The van der Waals surface area contributed by atoms with Gasteiger partial charge in [0.2, 0.25) is 0 Å². The zero-order valence-electron chi connectivity index (χ0n) is 11.2. The minimum Gasteiger partial charge on any atom is -0.399 e. The van der Waals surface area contributed by atoms with E-state index in [2.05, 4.69) is 24.9 Å². The molecule has 0 saturated heterocycles. The van der Waals surface area contributed by atoms with E-state index in [1.54, 1.807) is 6.07 Å². The lowest BCUT2D eigenvalue weighted by atomic mass is 9.86. The highest BCUT2D eigenvalue weighted by Gasteiger charge is 2.23. The number of nitrogens with two attached hydrogens (primary N) is 1. The van der Waals surface area contributed by atoms with Gasteiger partial charge in [0, 0.05) is 18.8 Å². The molecule has 2 N–H and O–H groups in total. The number of anilines is 2. The molecule has 0 spiro atoms. The lowest BCUT2D eigenvalue weighted by molar-refractivity contribution is 0.340. The Morgan fingerprint density at radius 3 is 2.56 bits per heavy atom. The topological polar surface area (TPSA) is 53.0 Å². The fourth-order valence-corrected chi connectivity index (χ4v) is 2.78. The predicted octanol–water partition coefficient (Wildman–Crippen LogP) is 3.16. The third-order valence-electron chi connectivity index (χ3n) is 4.05. The highest BCUT2D eigenvalue weighted by molar-refractivity contribution is 5.64. The number of hydrogen-bond donors (Lipinski definition) is 1. The second-order valence-corrected chi connectivity index (χ2v) is 5.41. The summed E-state index contributed by atoms with van der Waals surface area (Å²) in [7, 11) is 2.09. The molecule has 2 rings (SSSR count). The van der Waals surface area contributed by atoms with Crippen molar-refractivity contribution in [1.82, 2.24) is 0 Å². The van der Waals surface area contributed by atoms with E-state index in [0.29, 0.717) is 17.3 Å². The number of hydrogen-bond acceptors (Lipinski definition) is 3. The van der Waals surface area contributed by atoms with Gasteiger partial charge < -0.3 is 10.6 Å². The summed E-state index contributed by atoms with van der Waals surface area (Å²) in [5.74, 6) is 0.844. The Balaban J connectivity index is 2.18. The Kier molecular flexibility index (Phi) is 3.76. The van der Waals surface area contributed by atoms with Gasteiger partial charge in [0.25, 0.3) is 0 Å². The molecule has 1 saturated carbocycles. The number of nitriles is 1. The molecule has 0 heterocycles. The number of rotatable bonds is 2. The van der Waals surface area contributed by atoms with E-state index in [1.807, 2.05) is 12.1 Å². The first-order valence-electron chi connectivity index (χ1n) is 6.64. The van der Waals surface area contributed by atoms with Gasteiger partial charge in [-0.3, -0.25) is 0 Å². The molecule has 1 fully saturated rings. The molecular weight excluding hydrogens is 222 g/mol. The maximum Gasteiger partial charge on any atom is 0.101 e. The number of nitrogen functional groups attached to an aromatic ring is 1. The van der Waals surface area contributed by atoms with Crippen LogP contribution in [0.15, 0.2) is 18.2 Å². The third kappa shape index (κ3) is 2.59. The maximum atomic E-state index is 9.20.